The number of sulfonamides is 1. The normalized spacial score (nSPS) is 11.6. The first-order valence-corrected chi connectivity index (χ1v) is 6.50. The van der Waals surface area contributed by atoms with Crippen LogP contribution in [0.4, 0.5) is 5.69 Å². The Morgan fingerprint density at radius 1 is 1.31 bits per heavy atom. The van der Waals surface area contributed by atoms with Gasteiger partial charge in [0.25, 0.3) is 0 Å². The average molecular weight is 244 g/mol. The quantitative estimate of drug-likeness (QED) is 0.496. The number of unbranched alkanes of at least 4 members (excludes halogenated alkanes) is 1. The molecule has 0 aliphatic rings. The van der Waals surface area contributed by atoms with Crippen molar-refractivity contribution in [1.82, 2.24) is 4.72 Å². The van der Waals surface area contributed by atoms with Gasteiger partial charge in [-0.1, -0.05) is 6.07 Å². The second-order valence-corrected chi connectivity index (χ2v) is 5.17. The topological polar surface area (TPSA) is 92.4 Å². The molecule has 0 spiro atoms. The highest BCUT2D eigenvalue weighted by atomic mass is 32.2. The smallest absolute Gasteiger partial charge is 0.240 e. The number of rotatable bonds is 6. The van der Waals surface area contributed by atoms with Crippen LogP contribution in [0.3, 0.4) is 0 Å². The van der Waals surface area contributed by atoms with Crippen molar-refractivity contribution in [3.05, 3.63) is 24.3 Å². The third-order valence-electron chi connectivity index (χ3n) is 2.05. The van der Waals surface area contributed by atoms with Gasteiger partial charge in [0, 0.05) is 18.8 Å². The Morgan fingerprint density at radius 3 is 2.69 bits per heavy atom. The van der Waals surface area contributed by atoms with E-state index in [0.717, 1.165) is 0 Å². The second kappa shape index (κ2) is 5.83. The van der Waals surface area contributed by atoms with Gasteiger partial charge >= 0.3 is 0 Å². The minimum absolute atomic E-state index is 0.0695. The molecular formula is C10H16N2O3S. The third kappa shape index (κ3) is 3.80. The zero-order chi connectivity index (χ0) is 12.0. The first-order valence-electron chi connectivity index (χ1n) is 5.02. The van der Waals surface area contributed by atoms with Crippen molar-refractivity contribution in [1.29, 1.82) is 0 Å². The molecule has 0 amide bonds. The van der Waals surface area contributed by atoms with E-state index in [-0.39, 0.29) is 11.5 Å². The molecule has 0 unspecified atom stereocenters. The molecule has 1 aromatic rings. The minimum atomic E-state index is -3.47. The Balaban J connectivity index is 2.64. The minimum Gasteiger partial charge on any atom is -0.399 e. The summed E-state index contributed by atoms with van der Waals surface area (Å²) in [5.74, 6) is 0. The molecule has 0 saturated carbocycles. The summed E-state index contributed by atoms with van der Waals surface area (Å²) in [6.07, 6.45) is 1.19. The molecule has 0 saturated heterocycles. The van der Waals surface area contributed by atoms with Gasteiger partial charge in [0.1, 0.15) is 0 Å². The number of hydrogen-bond acceptors (Lipinski definition) is 4. The van der Waals surface area contributed by atoms with Gasteiger partial charge in [-0.3, -0.25) is 0 Å². The van der Waals surface area contributed by atoms with Crippen LogP contribution in [0.2, 0.25) is 0 Å². The fraction of sp³-hybridized carbons (Fsp3) is 0.400. The van der Waals surface area contributed by atoms with E-state index in [1.54, 1.807) is 12.1 Å². The van der Waals surface area contributed by atoms with Crippen LogP contribution in [-0.2, 0) is 10.0 Å². The first kappa shape index (κ1) is 13.0. The van der Waals surface area contributed by atoms with E-state index in [0.29, 0.717) is 25.1 Å². The summed E-state index contributed by atoms with van der Waals surface area (Å²) < 4.78 is 25.9. The van der Waals surface area contributed by atoms with E-state index < -0.39 is 10.0 Å². The predicted molar refractivity (Wildman–Crippen MR) is 62.4 cm³/mol. The molecular weight excluding hydrogens is 228 g/mol. The molecule has 16 heavy (non-hydrogen) atoms. The zero-order valence-electron chi connectivity index (χ0n) is 8.89. The summed E-state index contributed by atoms with van der Waals surface area (Å²) >= 11 is 0. The van der Waals surface area contributed by atoms with E-state index in [4.69, 9.17) is 10.8 Å². The summed E-state index contributed by atoms with van der Waals surface area (Å²) in [4.78, 5) is 0.163. The van der Waals surface area contributed by atoms with Crippen molar-refractivity contribution < 1.29 is 13.5 Å². The number of anilines is 1. The lowest BCUT2D eigenvalue weighted by Gasteiger charge is -2.06. The Hall–Kier alpha value is -1.11. The molecule has 0 aromatic heterocycles. The lowest BCUT2D eigenvalue weighted by Crippen LogP contribution is -2.25. The SMILES string of the molecule is Nc1cccc(S(=O)(=O)NCCCCO)c1. The number of benzene rings is 1. The zero-order valence-corrected chi connectivity index (χ0v) is 9.70. The molecule has 1 rings (SSSR count). The Kier molecular flexibility index (Phi) is 4.72. The van der Waals surface area contributed by atoms with Gasteiger partial charge in [0.05, 0.1) is 4.90 Å². The lowest BCUT2D eigenvalue weighted by atomic mass is 10.3. The molecule has 0 aliphatic heterocycles. The van der Waals surface area contributed by atoms with Crippen LogP contribution in [0.5, 0.6) is 0 Å². The van der Waals surface area contributed by atoms with Crippen LogP contribution in [-0.4, -0.2) is 26.7 Å². The Bertz CT molecular complexity index is 431. The highest BCUT2D eigenvalue weighted by Crippen LogP contribution is 2.12. The number of hydrogen-bond donors (Lipinski definition) is 3. The van der Waals surface area contributed by atoms with Crippen molar-refractivity contribution in [3.63, 3.8) is 0 Å². The maximum Gasteiger partial charge on any atom is 0.240 e. The van der Waals surface area contributed by atoms with Crippen molar-refractivity contribution >= 4 is 15.7 Å². The monoisotopic (exact) mass is 244 g/mol. The van der Waals surface area contributed by atoms with Gasteiger partial charge in [-0.2, -0.15) is 0 Å². The standard InChI is InChI=1S/C10H16N2O3S/c11-9-4-3-5-10(8-9)16(14,15)12-6-1-2-7-13/h3-5,8,12-13H,1-2,6-7,11H2. The second-order valence-electron chi connectivity index (χ2n) is 3.40. The molecule has 5 nitrogen and oxygen atoms in total. The molecule has 6 heteroatoms. The fourth-order valence-electron chi connectivity index (χ4n) is 1.21. The van der Waals surface area contributed by atoms with Crippen molar-refractivity contribution in [3.8, 4) is 0 Å². The highest BCUT2D eigenvalue weighted by molar-refractivity contribution is 7.89. The average Bonchev–Trinajstić information content (AvgIpc) is 2.24. The molecule has 90 valence electrons. The number of nitrogens with one attached hydrogen (secondary N) is 1. The molecule has 1 aromatic carbocycles. The lowest BCUT2D eigenvalue weighted by molar-refractivity contribution is 0.285. The van der Waals surface area contributed by atoms with Gasteiger partial charge in [-0.15, -0.1) is 0 Å². The van der Waals surface area contributed by atoms with E-state index >= 15 is 0 Å². The van der Waals surface area contributed by atoms with E-state index in [9.17, 15) is 8.42 Å². The Labute approximate surface area is 95.3 Å². The van der Waals surface area contributed by atoms with Crippen LogP contribution < -0.4 is 10.5 Å². The molecule has 0 fully saturated rings. The first-order chi connectivity index (χ1) is 7.56. The fourth-order valence-corrected chi connectivity index (χ4v) is 2.34. The predicted octanol–water partition coefficient (Wildman–Crippen LogP) is 0.320. The van der Waals surface area contributed by atoms with Crippen LogP contribution in [0.25, 0.3) is 0 Å². The van der Waals surface area contributed by atoms with Crippen molar-refractivity contribution in [2.75, 3.05) is 18.9 Å². The van der Waals surface area contributed by atoms with Gasteiger partial charge < -0.3 is 10.8 Å². The van der Waals surface area contributed by atoms with E-state index in [1.165, 1.54) is 12.1 Å². The van der Waals surface area contributed by atoms with Crippen LogP contribution >= 0.6 is 0 Å². The molecule has 0 bridgehead atoms. The Morgan fingerprint density at radius 2 is 2.06 bits per heavy atom. The highest BCUT2D eigenvalue weighted by Gasteiger charge is 2.12. The van der Waals surface area contributed by atoms with Gasteiger partial charge in [-0.25, -0.2) is 13.1 Å². The van der Waals surface area contributed by atoms with Crippen molar-refractivity contribution in [2.24, 2.45) is 0 Å². The summed E-state index contributed by atoms with van der Waals surface area (Å²) in [6, 6.07) is 6.13. The number of nitrogen functional groups attached to an aromatic ring is 1. The van der Waals surface area contributed by atoms with E-state index in [2.05, 4.69) is 4.72 Å². The summed E-state index contributed by atoms with van der Waals surface area (Å²) in [5, 5.41) is 8.56. The molecule has 0 heterocycles. The van der Waals surface area contributed by atoms with Crippen LogP contribution in [0.15, 0.2) is 29.2 Å². The van der Waals surface area contributed by atoms with Gasteiger partial charge in [-0.05, 0) is 31.0 Å². The molecule has 0 aliphatic carbocycles. The van der Waals surface area contributed by atoms with Crippen LogP contribution in [0.1, 0.15) is 12.8 Å². The van der Waals surface area contributed by atoms with Gasteiger partial charge in [0.15, 0.2) is 0 Å². The maximum atomic E-state index is 11.7. The summed E-state index contributed by atoms with van der Waals surface area (Å²) in [7, 11) is -3.47. The number of nitrogens with two attached hydrogens (primary N) is 1. The molecule has 0 radical (unpaired) electrons. The summed E-state index contributed by atoms with van der Waals surface area (Å²) in [6.45, 7) is 0.387. The van der Waals surface area contributed by atoms with E-state index in [1.807, 2.05) is 0 Å². The van der Waals surface area contributed by atoms with Gasteiger partial charge in [0.2, 0.25) is 10.0 Å². The largest absolute Gasteiger partial charge is 0.399 e. The van der Waals surface area contributed by atoms with Crippen molar-refractivity contribution in [2.45, 2.75) is 17.7 Å². The molecule has 0 atom stereocenters. The number of aliphatic hydroxyl groups is 1. The maximum absolute atomic E-state index is 11.7. The van der Waals surface area contributed by atoms with Crippen LogP contribution in [0, 0.1) is 0 Å². The molecule has 4 N–H and O–H groups in total. The number of aliphatic hydroxyl groups excluding tert-OH is 1. The third-order valence-corrected chi connectivity index (χ3v) is 3.50. The summed E-state index contributed by atoms with van der Waals surface area (Å²) in [5.41, 5.74) is 5.92.